The summed E-state index contributed by atoms with van der Waals surface area (Å²) < 4.78 is 1.69. The van der Waals surface area contributed by atoms with Gasteiger partial charge in [-0.1, -0.05) is 42.5 Å². The maximum atomic E-state index is 13.1. The van der Waals surface area contributed by atoms with Crippen molar-refractivity contribution in [2.45, 2.75) is 32.4 Å². The predicted molar refractivity (Wildman–Crippen MR) is 110 cm³/mol. The molecule has 0 radical (unpaired) electrons. The second kappa shape index (κ2) is 8.25. The van der Waals surface area contributed by atoms with Crippen molar-refractivity contribution in [2.75, 3.05) is 18.0 Å². The lowest BCUT2D eigenvalue weighted by Crippen LogP contribution is -2.33. The summed E-state index contributed by atoms with van der Waals surface area (Å²) in [5, 5.41) is 2.93. The van der Waals surface area contributed by atoms with E-state index in [0.717, 1.165) is 42.5 Å². The number of carbonyl (C=O) groups excluding carboxylic acids is 1. The number of fused-ring (bicyclic) bond motifs is 1. The van der Waals surface area contributed by atoms with Gasteiger partial charge < -0.3 is 14.8 Å². The lowest BCUT2D eigenvalue weighted by molar-refractivity contribution is -0.121. The minimum atomic E-state index is -0.114. The Hall–Kier alpha value is -3.15. The highest BCUT2D eigenvalue weighted by Crippen LogP contribution is 2.18. The summed E-state index contributed by atoms with van der Waals surface area (Å²) in [5.41, 5.74) is 2.50. The Morgan fingerprint density at radius 3 is 2.50 bits per heavy atom. The number of nitrogens with one attached hydrogen (secondary N) is 1. The molecule has 0 unspecified atom stereocenters. The number of benzene rings is 2. The number of carbonyl (C=O) groups is 1. The van der Waals surface area contributed by atoms with Crippen molar-refractivity contribution in [3.63, 3.8) is 0 Å². The Kier molecular flexibility index (Phi) is 5.37. The van der Waals surface area contributed by atoms with Gasteiger partial charge in [-0.25, -0.2) is 4.98 Å². The van der Waals surface area contributed by atoms with E-state index in [-0.39, 0.29) is 17.9 Å². The summed E-state index contributed by atoms with van der Waals surface area (Å²) in [5.74, 6) is 0.431. The molecule has 1 fully saturated rings. The number of amides is 1. The van der Waals surface area contributed by atoms with Crippen molar-refractivity contribution in [3.05, 3.63) is 70.5 Å². The van der Waals surface area contributed by atoms with Crippen molar-refractivity contribution < 1.29 is 4.79 Å². The lowest BCUT2D eigenvalue weighted by atomic mass is 10.2. The standard InChI is InChI=1S/C22H24N4O2/c27-20(23-16-17-8-2-1-3-9-17)12-15-26-19-11-5-4-10-18(19)24-21(22(26)28)25-13-6-7-14-25/h1-5,8-11H,6-7,12-16H2,(H,23,27). The molecule has 2 aromatic carbocycles. The third kappa shape index (κ3) is 3.91. The molecule has 0 bridgehead atoms. The number of anilines is 1. The van der Waals surface area contributed by atoms with Gasteiger partial charge in [0.2, 0.25) is 5.91 Å². The molecule has 1 aromatic heterocycles. The SMILES string of the molecule is O=C(CCn1c(=O)c(N2CCCC2)nc2ccccc21)NCc1ccccc1. The summed E-state index contributed by atoms with van der Waals surface area (Å²) in [6.07, 6.45) is 2.41. The van der Waals surface area contributed by atoms with Gasteiger partial charge in [-0.05, 0) is 30.5 Å². The van der Waals surface area contributed by atoms with Gasteiger partial charge in [0.25, 0.3) is 5.56 Å². The zero-order valence-electron chi connectivity index (χ0n) is 15.8. The maximum absolute atomic E-state index is 13.1. The van der Waals surface area contributed by atoms with Gasteiger partial charge in [0.05, 0.1) is 11.0 Å². The smallest absolute Gasteiger partial charge is 0.294 e. The molecule has 4 rings (SSSR count). The first-order chi connectivity index (χ1) is 13.7. The van der Waals surface area contributed by atoms with E-state index in [9.17, 15) is 9.59 Å². The van der Waals surface area contributed by atoms with Crippen LogP contribution in [0, 0.1) is 0 Å². The number of hydrogen-bond acceptors (Lipinski definition) is 4. The monoisotopic (exact) mass is 376 g/mol. The van der Waals surface area contributed by atoms with Crippen LogP contribution in [0.1, 0.15) is 24.8 Å². The number of rotatable bonds is 6. The van der Waals surface area contributed by atoms with Crippen LogP contribution in [0.4, 0.5) is 5.82 Å². The molecule has 1 N–H and O–H groups in total. The topological polar surface area (TPSA) is 67.2 Å². The molecule has 0 spiro atoms. The molecule has 0 atom stereocenters. The van der Waals surface area contributed by atoms with E-state index < -0.39 is 0 Å². The number of nitrogens with zero attached hydrogens (tertiary/aromatic N) is 3. The molecule has 0 saturated carbocycles. The fourth-order valence-corrected chi connectivity index (χ4v) is 3.63. The molecule has 1 aliphatic rings. The quantitative estimate of drug-likeness (QED) is 0.718. The van der Waals surface area contributed by atoms with Crippen LogP contribution in [0.15, 0.2) is 59.4 Å². The van der Waals surface area contributed by atoms with Crippen LogP contribution in [0.3, 0.4) is 0 Å². The van der Waals surface area contributed by atoms with Gasteiger partial charge in [0.15, 0.2) is 5.82 Å². The van der Waals surface area contributed by atoms with Crippen molar-refractivity contribution in [3.8, 4) is 0 Å². The van der Waals surface area contributed by atoms with E-state index in [0.29, 0.717) is 18.9 Å². The molecule has 28 heavy (non-hydrogen) atoms. The fraction of sp³-hybridized carbons (Fsp3) is 0.318. The van der Waals surface area contributed by atoms with Crippen molar-refractivity contribution in [1.82, 2.24) is 14.9 Å². The molecular formula is C22H24N4O2. The van der Waals surface area contributed by atoms with Gasteiger partial charge in [0.1, 0.15) is 0 Å². The Labute approximate surface area is 163 Å². The average molecular weight is 376 g/mol. The molecule has 0 aliphatic carbocycles. The molecule has 1 amide bonds. The normalized spacial score (nSPS) is 13.8. The second-order valence-corrected chi connectivity index (χ2v) is 7.09. The van der Waals surface area contributed by atoms with Crippen LogP contribution in [-0.4, -0.2) is 28.5 Å². The molecule has 2 heterocycles. The van der Waals surface area contributed by atoms with E-state index in [2.05, 4.69) is 15.2 Å². The number of hydrogen-bond donors (Lipinski definition) is 1. The highest BCUT2D eigenvalue weighted by atomic mass is 16.2. The largest absolute Gasteiger partial charge is 0.352 e. The van der Waals surface area contributed by atoms with Gasteiger partial charge in [-0.15, -0.1) is 0 Å². The van der Waals surface area contributed by atoms with E-state index >= 15 is 0 Å². The third-order valence-corrected chi connectivity index (χ3v) is 5.14. The minimum absolute atomic E-state index is 0.0700. The van der Waals surface area contributed by atoms with Crippen LogP contribution in [0.5, 0.6) is 0 Å². The van der Waals surface area contributed by atoms with Crippen LogP contribution in [0.25, 0.3) is 11.0 Å². The van der Waals surface area contributed by atoms with Crippen LogP contribution >= 0.6 is 0 Å². The first-order valence-corrected chi connectivity index (χ1v) is 9.77. The Morgan fingerprint density at radius 2 is 1.71 bits per heavy atom. The highest BCUT2D eigenvalue weighted by Gasteiger charge is 2.20. The molecule has 6 heteroatoms. The van der Waals surface area contributed by atoms with Crippen molar-refractivity contribution in [2.24, 2.45) is 0 Å². The summed E-state index contributed by atoms with van der Waals surface area (Å²) in [4.78, 5) is 32.1. The summed E-state index contributed by atoms with van der Waals surface area (Å²) in [6, 6.07) is 17.4. The average Bonchev–Trinajstić information content (AvgIpc) is 3.26. The van der Waals surface area contributed by atoms with E-state index in [1.54, 1.807) is 4.57 Å². The molecule has 1 aliphatic heterocycles. The first-order valence-electron chi connectivity index (χ1n) is 9.77. The Bertz CT molecular complexity index is 1020. The van der Waals surface area contributed by atoms with Gasteiger partial charge in [-0.2, -0.15) is 0 Å². The van der Waals surface area contributed by atoms with Crippen LogP contribution < -0.4 is 15.8 Å². The van der Waals surface area contributed by atoms with E-state index in [4.69, 9.17) is 0 Å². The van der Waals surface area contributed by atoms with Gasteiger partial charge in [0, 0.05) is 32.6 Å². The number of para-hydroxylation sites is 2. The Morgan fingerprint density at radius 1 is 1.00 bits per heavy atom. The molecule has 3 aromatic rings. The Balaban J connectivity index is 1.53. The van der Waals surface area contributed by atoms with Crippen molar-refractivity contribution >= 4 is 22.8 Å². The zero-order chi connectivity index (χ0) is 19.3. The maximum Gasteiger partial charge on any atom is 0.294 e. The van der Waals surface area contributed by atoms with Gasteiger partial charge >= 0.3 is 0 Å². The zero-order valence-corrected chi connectivity index (χ0v) is 15.8. The number of aryl methyl sites for hydroxylation is 1. The van der Waals surface area contributed by atoms with E-state index in [1.807, 2.05) is 54.6 Å². The molecule has 1 saturated heterocycles. The number of aromatic nitrogens is 2. The first kappa shape index (κ1) is 18.2. The van der Waals surface area contributed by atoms with Crippen LogP contribution in [-0.2, 0) is 17.9 Å². The molecule has 144 valence electrons. The summed E-state index contributed by atoms with van der Waals surface area (Å²) in [7, 11) is 0. The lowest BCUT2D eigenvalue weighted by Gasteiger charge is -2.19. The fourth-order valence-electron chi connectivity index (χ4n) is 3.63. The van der Waals surface area contributed by atoms with Gasteiger partial charge in [-0.3, -0.25) is 9.59 Å². The predicted octanol–water partition coefficient (Wildman–Crippen LogP) is 2.70. The van der Waals surface area contributed by atoms with Crippen molar-refractivity contribution in [1.29, 1.82) is 0 Å². The van der Waals surface area contributed by atoms with Crippen LogP contribution in [0.2, 0.25) is 0 Å². The molecule has 6 nitrogen and oxygen atoms in total. The minimum Gasteiger partial charge on any atom is -0.352 e. The summed E-state index contributed by atoms with van der Waals surface area (Å²) >= 11 is 0. The molecular weight excluding hydrogens is 352 g/mol. The third-order valence-electron chi connectivity index (χ3n) is 5.14. The highest BCUT2D eigenvalue weighted by molar-refractivity contribution is 5.78. The summed E-state index contributed by atoms with van der Waals surface area (Å²) in [6.45, 7) is 2.55. The second-order valence-electron chi connectivity index (χ2n) is 7.09. The van der Waals surface area contributed by atoms with E-state index in [1.165, 1.54) is 0 Å².